The van der Waals surface area contributed by atoms with Crippen molar-refractivity contribution in [3.63, 3.8) is 0 Å². The zero-order chi connectivity index (χ0) is 35.6. The zero-order valence-electron chi connectivity index (χ0n) is 32.5. The number of nitrogens with zero attached hydrogens (tertiary/aromatic N) is 3. The molecule has 0 aliphatic carbocycles. The maximum Gasteiger partial charge on any atom is 0.0921 e. The van der Waals surface area contributed by atoms with Crippen molar-refractivity contribution in [2.75, 3.05) is 0 Å². The molecule has 4 aromatic heterocycles. The average molecular weight is 616 g/mol. The number of imidazole rings is 1. The predicted molar refractivity (Wildman–Crippen MR) is 197 cm³/mol. The molecule has 0 bridgehead atoms. The largest absolute Gasteiger partial charge is 0.367 e. The highest BCUT2D eigenvalue weighted by Gasteiger charge is 2.15. The molecule has 0 fully saturated rings. The van der Waals surface area contributed by atoms with E-state index in [0.29, 0.717) is 5.41 Å². The maximum atomic E-state index is 3.93. The van der Waals surface area contributed by atoms with Crippen LogP contribution < -0.4 is 0 Å². The van der Waals surface area contributed by atoms with E-state index in [1.807, 2.05) is 92.4 Å². The van der Waals surface area contributed by atoms with Crippen molar-refractivity contribution in [1.82, 2.24) is 35.3 Å². The Morgan fingerprint density at radius 1 is 0.523 bits per heavy atom. The van der Waals surface area contributed by atoms with Gasteiger partial charge >= 0.3 is 0 Å². The molecule has 44 heavy (non-hydrogen) atoms. The van der Waals surface area contributed by atoms with Gasteiger partial charge in [0, 0.05) is 53.2 Å². The minimum absolute atomic E-state index is 0.205. The van der Waals surface area contributed by atoms with Crippen molar-refractivity contribution in [3.05, 3.63) is 78.2 Å². The van der Waals surface area contributed by atoms with Crippen LogP contribution in [0.4, 0.5) is 0 Å². The fourth-order valence-electron chi connectivity index (χ4n) is 2.79. The first-order chi connectivity index (χ1) is 20.4. The van der Waals surface area contributed by atoms with Gasteiger partial charge in [-0.05, 0) is 34.1 Å². The standard InChI is InChI=1S/C8H13N.3C7H12N2.4C2H6/c1-8(2,3)7-4-5-9-6-7;1-7(2,3)6-4-8-5-9-6;1-7(2,3)6-4-8-9-5-6;1-7(2,3)6-4-5-8-9-6;4*1-2/h4-6,9H,1-3H3;3*4-5H,1-3H3,(H,8,9);4*1-2H3. The molecule has 0 radical (unpaired) electrons. The van der Waals surface area contributed by atoms with Crippen molar-refractivity contribution in [2.45, 2.75) is 160 Å². The lowest BCUT2D eigenvalue weighted by atomic mass is 9.89. The summed E-state index contributed by atoms with van der Waals surface area (Å²) in [7, 11) is 0. The Kier molecular flexibility index (Phi) is 27.5. The van der Waals surface area contributed by atoms with E-state index in [1.54, 1.807) is 12.5 Å². The van der Waals surface area contributed by atoms with Crippen LogP contribution in [0.5, 0.6) is 0 Å². The Bertz CT molecular complexity index is 854. The summed E-state index contributed by atoms with van der Waals surface area (Å²) in [5, 5.41) is 13.4. The van der Waals surface area contributed by atoms with Gasteiger partial charge in [-0.2, -0.15) is 10.2 Å². The van der Waals surface area contributed by atoms with Crippen molar-refractivity contribution in [3.8, 4) is 0 Å². The van der Waals surface area contributed by atoms with Gasteiger partial charge in [-0.3, -0.25) is 10.2 Å². The molecular formula is C37H73N7. The third kappa shape index (κ3) is 23.4. The number of hydrogen-bond acceptors (Lipinski definition) is 3. The van der Waals surface area contributed by atoms with E-state index < -0.39 is 0 Å². The third-order valence-corrected chi connectivity index (χ3v) is 5.44. The van der Waals surface area contributed by atoms with Crippen LogP contribution in [0.15, 0.2) is 55.6 Å². The van der Waals surface area contributed by atoms with E-state index >= 15 is 0 Å². The quantitative estimate of drug-likeness (QED) is 0.158. The van der Waals surface area contributed by atoms with Crippen LogP contribution in [0.3, 0.4) is 0 Å². The number of aromatic nitrogens is 7. The van der Waals surface area contributed by atoms with Gasteiger partial charge < -0.3 is 9.97 Å². The highest BCUT2D eigenvalue weighted by molar-refractivity contribution is 5.18. The van der Waals surface area contributed by atoms with Gasteiger partial charge in [-0.15, -0.1) is 0 Å². The summed E-state index contributed by atoms with van der Waals surface area (Å²) in [4.78, 5) is 10.0. The summed E-state index contributed by atoms with van der Waals surface area (Å²) in [5.41, 5.74) is 5.91. The highest BCUT2D eigenvalue weighted by Crippen LogP contribution is 2.21. The Morgan fingerprint density at radius 3 is 1.20 bits per heavy atom. The Labute approximate surface area is 273 Å². The molecule has 0 aliphatic heterocycles. The lowest BCUT2D eigenvalue weighted by Crippen LogP contribution is -2.11. The molecule has 4 N–H and O–H groups in total. The number of hydrogen-bond donors (Lipinski definition) is 4. The summed E-state index contributed by atoms with van der Waals surface area (Å²) < 4.78 is 0. The van der Waals surface area contributed by atoms with Crippen LogP contribution in [0.2, 0.25) is 0 Å². The van der Waals surface area contributed by atoms with E-state index in [1.165, 1.54) is 22.5 Å². The molecule has 0 aromatic carbocycles. The van der Waals surface area contributed by atoms with E-state index in [2.05, 4.69) is 124 Å². The molecule has 256 valence electrons. The van der Waals surface area contributed by atoms with E-state index in [-0.39, 0.29) is 16.2 Å². The summed E-state index contributed by atoms with van der Waals surface area (Å²) >= 11 is 0. The normalized spacial score (nSPS) is 10.3. The molecule has 7 heteroatoms. The first-order valence-electron chi connectivity index (χ1n) is 16.5. The van der Waals surface area contributed by atoms with Crippen molar-refractivity contribution >= 4 is 0 Å². The second-order valence-corrected chi connectivity index (χ2v) is 13.0. The van der Waals surface area contributed by atoms with Gasteiger partial charge in [-0.1, -0.05) is 138 Å². The minimum atomic E-state index is 0.205. The lowest BCUT2D eigenvalue weighted by Gasteiger charge is -2.15. The monoisotopic (exact) mass is 616 g/mol. The van der Waals surface area contributed by atoms with Gasteiger partial charge in [0.1, 0.15) is 0 Å². The number of nitrogens with one attached hydrogen (secondary N) is 4. The number of aromatic amines is 4. The van der Waals surface area contributed by atoms with Crippen molar-refractivity contribution in [2.24, 2.45) is 0 Å². The molecule has 0 saturated heterocycles. The van der Waals surface area contributed by atoms with Gasteiger partial charge in [0.25, 0.3) is 0 Å². The summed E-state index contributed by atoms with van der Waals surface area (Å²) in [6.07, 6.45) is 13.1. The van der Waals surface area contributed by atoms with Gasteiger partial charge in [0.2, 0.25) is 0 Å². The summed E-state index contributed by atoms with van der Waals surface area (Å²) in [5.74, 6) is 0. The molecule has 4 aromatic rings. The van der Waals surface area contributed by atoms with Crippen LogP contribution in [0.25, 0.3) is 0 Å². The minimum Gasteiger partial charge on any atom is -0.367 e. The van der Waals surface area contributed by atoms with Crippen LogP contribution in [-0.4, -0.2) is 35.3 Å². The topological polar surface area (TPSA) is 102 Å². The maximum absolute atomic E-state index is 3.93. The summed E-state index contributed by atoms with van der Waals surface area (Å²) in [6.45, 7) is 42.0. The highest BCUT2D eigenvalue weighted by atomic mass is 15.1. The molecule has 0 amide bonds. The molecule has 4 rings (SSSR count). The number of H-pyrrole nitrogens is 4. The zero-order valence-corrected chi connectivity index (χ0v) is 32.5. The first kappa shape index (κ1) is 47.8. The Balaban J connectivity index is -0.000000225. The van der Waals surface area contributed by atoms with Crippen molar-refractivity contribution < 1.29 is 0 Å². The second-order valence-electron chi connectivity index (χ2n) is 13.0. The van der Waals surface area contributed by atoms with Crippen molar-refractivity contribution in [1.29, 1.82) is 0 Å². The van der Waals surface area contributed by atoms with Crippen LogP contribution >= 0.6 is 0 Å². The fourth-order valence-corrected chi connectivity index (χ4v) is 2.79. The smallest absolute Gasteiger partial charge is 0.0921 e. The summed E-state index contributed by atoms with van der Waals surface area (Å²) in [6, 6.07) is 4.11. The lowest BCUT2D eigenvalue weighted by molar-refractivity contribution is 0.567. The molecule has 0 saturated carbocycles. The van der Waals surface area contributed by atoms with Gasteiger partial charge in [-0.25, -0.2) is 4.98 Å². The Morgan fingerprint density at radius 2 is 1.02 bits per heavy atom. The van der Waals surface area contributed by atoms with Crippen LogP contribution in [0.1, 0.15) is 161 Å². The third-order valence-electron chi connectivity index (χ3n) is 5.44. The van der Waals surface area contributed by atoms with Crippen LogP contribution in [0, 0.1) is 0 Å². The SMILES string of the molecule is CC.CC.CC.CC.CC(C)(C)c1cc[nH]c1.CC(C)(C)c1ccn[nH]1.CC(C)(C)c1cn[nH]c1.CC(C)(C)c1cnc[nH]1. The molecule has 0 spiro atoms. The molecular weight excluding hydrogens is 542 g/mol. The van der Waals surface area contributed by atoms with E-state index in [9.17, 15) is 0 Å². The number of rotatable bonds is 0. The van der Waals surface area contributed by atoms with E-state index in [0.717, 1.165) is 0 Å². The van der Waals surface area contributed by atoms with Gasteiger partial charge in [0.05, 0.1) is 12.5 Å². The van der Waals surface area contributed by atoms with E-state index in [4.69, 9.17) is 0 Å². The Hall–Kier alpha value is -3.09. The molecule has 0 aliphatic rings. The van der Waals surface area contributed by atoms with Gasteiger partial charge in [0.15, 0.2) is 0 Å². The molecule has 0 unspecified atom stereocenters. The fraction of sp³-hybridized carbons (Fsp3) is 0.649. The average Bonchev–Trinajstić information content (AvgIpc) is 3.79. The predicted octanol–water partition coefficient (Wildman–Crippen LogP) is 11.5. The first-order valence-corrected chi connectivity index (χ1v) is 16.5. The molecule has 7 nitrogen and oxygen atoms in total. The second kappa shape index (κ2) is 25.3. The molecule has 4 heterocycles. The van der Waals surface area contributed by atoms with Crippen LogP contribution in [-0.2, 0) is 21.7 Å². The molecule has 0 atom stereocenters.